The number of rotatable bonds is 4. The van der Waals surface area contributed by atoms with Crippen LogP contribution in [0.15, 0.2) is 12.1 Å². The Labute approximate surface area is 92.2 Å². The molecule has 2 nitrogen and oxygen atoms in total. The summed E-state index contributed by atoms with van der Waals surface area (Å²) in [6.07, 6.45) is 1.95. The molecule has 0 aliphatic rings. The van der Waals surface area contributed by atoms with Crippen molar-refractivity contribution >= 4 is 23.1 Å². The Hall–Kier alpha value is -0.970. The molecular formula is C10H14F2N2S. The van der Waals surface area contributed by atoms with Crippen molar-refractivity contribution < 1.29 is 8.78 Å². The zero-order chi connectivity index (χ0) is 11.4. The van der Waals surface area contributed by atoms with Crippen LogP contribution in [0.5, 0.6) is 0 Å². The lowest BCUT2D eigenvalue weighted by Gasteiger charge is -2.16. The summed E-state index contributed by atoms with van der Waals surface area (Å²) >= 11 is 1.63. The molecule has 0 aliphatic heterocycles. The van der Waals surface area contributed by atoms with Crippen LogP contribution in [0, 0.1) is 11.6 Å². The summed E-state index contributed by atoms with van der Waals surface area (Å²) in [5.41, 5.74) is 5.84. The van der Waals surface area contributed by atoms with Gasteiger partial charge in [0.15, 0.2) is 11.6 Å². The predicted molar refractivity (Wildman–Crippen MR) is 62.2 cm³/mol. The molecule has 1 atom stereocenters. The van der Waals surface area contributed by atoms with E-state index in [2.05, 4.69) is 5.32 Å². The van der Waals surface area contributed by atoms with E-state index in [1.807, 2.05) is 13.2 Å². The summed E-state index contributed by atoms with van der Waals surface area (Å²) in [7, 11) is 0. The molecule has 0 amide bonds. The second-order valence-corrected chi connectivity index (χ2v) is 4.24. The quantitative estimate of drug-likeness (QED) is 0.784. The van der Waals surface area contributed by atoms with Crippen LogP contribution in [-0.2, 0) is 0 Å². The molecule has 15 heavy (non-hydrogen) atoms. The fraction of sp³-hybridized carbons (Fsp3) is 0.400. The maximum atomic E-state index is 13.3. The van der Waals surface area contributed by atoms with Crippen molar-refractivity contribution in [1.29, 1.82) is 0 Å². The second kappa shape index (κ2) is 5.21. The Bertz CT molecular complexity index is 344. The standard InChI is InChI=1S/C10H14F2N2S/c1-6(5-15-2)14-10-8(13)4-3-7(11)9(10)12/h3-4,6,14H,5,13H2,1-2H3. The van der Waals surface area contributed by atoms with Crippen LogP contribution in [0.3, 0.4) is 0 Å². The van der Waals surface area contributed by atoms with Crippen molar-refractivity contribution in [2.75, 3.05) is 23.1 Å². The van der Waals surface area contributed by atoms with Crippen LogP contribution in [0.4, 0.5) is 20.2 Å². The number of hydrogen-bond donors (Lipinski definition) is 2. The second-order valence-electron chi connectivity index (χ2n) is 3.33. The Balaban J connectivity index is 2.88. The topological polar surface area (TPSA) is 38.0 Å². The van der Waals surface area contributed by atoms with Crippen molar-refractivity contribution in [2.45, 2.75) is 13.0 Å². The first-order chi connectivity index (χ1) is 7.06. The molecule has 5 heteroatoms. The van der Waals surface area contributed by atoms with Crippen LogP contribution in [0.2, 0.25) is 0 Å². The summed E-state index contributed by atoms with van der Waals surface area (Å²) < 4.78 is 26.3. The number of nitrogen functional groups attached to an aromatic ring is 1. The zero-order valence-electron chi connectivity index (χ0n) is 8.68. The highest BCUT2D eigenvalue weighted by molar-refractivity contribution is 7.98. The summed E-state index contributed by atoms with van der Waals surface area (Å²) in [5, 5.41) is 2.86. The monoisotopic (exact) mass is 232 g/mol. The maximum absolute atomic E-state index is 13.3. The Kier molecular flexibility index (Phi) is 4.20. The lowest BCUT2D eigenvalue weighted by atomic mass is 10.2. The van der Waals surface area contributed by atoms with Crippen LogP contribution in [0.1, 0.15) is 6.92 Å². The highest BCUT2D eigenvalue weighted by Crippen LogP contribution is 2.25. The normalized spacial score (nSPS) is 12.5. The minimum absolute atomic E-state index is 0.0404. The van der Waals surface area contributed by atoms with E-state index in [1.165, 1.54) is 6.07 Å². The molecular weight excluding hydrogens is 218 g/mol. The lowest BCUT2D eigenvalue weighted by molar-refractivity contribution is 0.511. The zero-order valence-corrected chi connectivity index (χ0v) is 9.50. The van der Waals surface area contributed by atoms with Gasteiger partial charge in [-0.1, -0.05) is 0 Å². The van der Waals surface area contributed by atoms with Crippen molar-refractivity contribution in [3.8, 4) is 0 Å². The number of nitrogens with two attached hydrogens (primary N) is 1. The SMILES string of the molecule is CSCC(C)Nc1c(N)ccc(F)c1F. The van der Waals surface area contributed by atoms with E-state index in [0.29, 0.717) is 0 Å². The average molecular weight is 232 g/mol. The lowest BCUT2D eigenvalue weighted by Crippen LogP contribution is -2.20. The Morgan fingerprint density at radius 2 is 2.13 bits per heavy atom. The van der Waals surface area contributed by atoms with E-state index in [4.69, 9.17) is 5.73 Å². The molecule has 1 aromatic carbocycles. The van der Waals surface area contributed by atoms with E-state index < -0.39 is 11.6 Å². The number of hydrogen-bond acceptors (Lipinski definition) is 3. The van der Waals surface area contributed by atoms with Crippen LogP contribution in [0.25, 0.3) is 0 Å². The summed E-state index contributed by atoms with van der Waals surface area (Å²) in [6, 6.07) is 2.42. The molecule has 0 spiro atoms. The first kappa shape index (κ1) is 12.1. The van der Waals surface area contributed by atoms with Crippen molar-refractivity contribution in [1.82, 2.24) is 0 Å². The molecule has 3 N–H and O–H groups in total. The number of nitrogens with one attached hydrogen (secondary N) is 1. The molecule has 1 aromatic rings. The first-order valence-corrected chi connectivity index (χ1v) is 5.94. The number of thioether (sulfide) groups is 1. The molecule has 0 saturated carbocycles. The summed E-state index contributed by atoms with van der Waals surface area (Å²) in [6.45, 7) is 1.89. The molecule has 0 heterocycles. The van der Waals surface area contributed by atoms with Gasteiger partial charge in [0.2, 0.25) is 0 Å². The molecule has 0 fully saturated rings. The van der Waals surface area contributed by atoms with Gasteiger partial charge in [0.05, 0.1) is 11.4 Å². The summed E-state index contributed by atoms with van der Waals surface area (Å²) in [5.74, 6) is -0.999. The minimum Gasteiger partial charge on any atom is -0.397 e. The highest BCUT2D eigenvalue weighted by atomic mass is 32.2. The van der Waals surface area contributed by atoms with E-state index >= 15 is 0 Å². The van der Waals surface area contributed by atoms with Gasteiger partial charge in [0, 0.05) is 11.8 Å². The molecule has 1 unspecified atom stereocenters. The average Bonchev–Trinajstić information content (AvgIpc) is 2.19. The fourth-order valence-corrected chi connectivity index (χ4v) is 1.83. The van der Waals surface area contributed by atoms with Gasteiger partial charge in [-0.05, 0) is 25.3 Å². The van der Waals surface area contributed by atoms with Gasteiger partial charge in [-0.15, -0.1) is 0 Å². The third-order valence-electron chi connectivity index (χ3n) is 1.93. The van der Waals surface area contributed by atoms with E-state index in [1.54, 1.807) is 11.8 Å². The molecule has 0 radical (unpaired) electrons. The van der Waals surface area contributed by atoms with E-state index in [9.17, 15) is 8.78 Å². The van der Waals surface area contributed by atoms with E-state index in [-0.39, 0.29) is 17.4 Å². The maximum Gasteiger partial charge on any atom is 0.183 e. The summed E-state index contributed by atoms with van der Waals surface area (Å²) in [4.78, 5) is 0. The number of halogens is 2. The number of anilines is 2. The third-order valence-corrected chi connectivity index (χ3v) is 2.77. The van der Waals surface area contributed by atoms with Gasteiger partial charge in [0.25, 0.3) is 0 Å². The van der Waals surface area contributed by atoms with Crippen LogP contribution in [-0.4, -0.2) is 18.1 Å². The van der Waals surface area contributed by atoms with E-state index in [0.717, 1.165) is 11.8 Å². The number of benzene rings is 1. The largest absolute Gasteiger partial charge is 0.397 e. The van der Waals surface area contributed by atoms with Gasteiger partial charge >= 0.3 is 0 Å². The molecule has 0 bridgehead atoms. The van der Waals surface area contributed by atoms with Gasteiger partial charge < -0.3 is 11.1 Å². The van der Waals surface area contributed by atoms with Crippen molar-refractivity contribution in [3.05, 3.63) is 23.8 Å². The Morgan fingerprint density at radius 1 is 1.47 bits per heavy atom. The van der Waals surface area contributed by atoms with Gasteiger partial charge in [-0.25, -0.2) is 8.78 Å². The Morgan fingerprint density at radius 3 is 2.73 bits per heavy atom. The smallest absolute Gasteiger partial charge is 0.183 e. The van der Waals surface area contributed by atoms with Crippen LogP contribution < -0.4 is 11.1 Å². The predicted octanol–water partition coefficient (Wildman–Crippen LogP) is 2.71. The van der Waals surface area contributed by atoms with Crippen molar-refractivity contribution in [3.63, 3.8) is 0 Å². The molecule has 1 rings (SSSR count). The fourth-order valence-electron chi connectivity index (χ4n) is 1.25. The minimum atomic E-state index is -0.914. The molecule has 84 valence electrons. The van der Waals surface area contributed by atoms with Gasteiger partial charge in [0.1, 0.15) is 0 Å². The van der Waals surface area contributed by atoms with Gasteiger partial charge in [-0.2, -0.15) is 11.8 Å². The van der Waals surface area contributed by atoms with Crippen molar-refractivity contribution in [2.24, 2.45) is 0 Å². The highest BCUT2D eigenvalue weighted by Gasteiger charge is 2.13. The molecule has 0 saturated heterocycles. The van der Waals surface area contributed by atoms with Gasteiger partial charge in [-0.3, -0.25) is 0 Å². The third kappa shape index (κ3) is 2.99. The van der Waals surface area contributed by atoms with Crippen LogP contribution >= 0.6 is 11.8 Å². The molecule has 0 aromatic heterocycles. The first-order valence-electron chi connectivity index (χ1n) is 4.55. The molecule has 0 aliphatic carbocycles.